The number of nitrogens with zero attached hydrogens (tertiary/aromatic N) is 1. The summed E-state index contributed by atoms with van der Waals surface area (Å²) in [6, 6.07) is 11.3. The van der Waals surface area contributed by atoms with E-state index in [0.29, 0.717) is 15.3 Å². The van der Waals surface area contributed by atoms with Gasteiger partial charge in [0.1, 0.15) is 17.5 Å². The molecule has 1 heterocycles. The second kappa shape index (κ2) is 5.46. The van der Waals surface area contributed by atoms with E-state index in [2.05, 4.69) is 0 Å². The summed E-state index contributed by atoms with van der Waals surface area (Å²) in [6.07, 6.45) is 1.28. The van der Waals surface area contributed by atoms with Gasteiger partial charge in [-0.05, 0) is 24.3 Å². The van der Waals surface area contributed by atoms with E-state index in [1.54, 1.807) is 36.4 Å². The predicted octanol–water partition coefficient (Wildman–Crippen LogP) is 3.55. The third-order valence-electron chi connectivity index (χ3n) is 2.40. The molecule has 3 nitrogen and oxygen atoms in total. The molecule has 0 radical (unpaired) electrons. The van der Waals surface area contributed by atoms with E-state index in [-0.39, 0.29) is 11.4 Å². The Kier molecular flexibility index (Phi) is 3.74. The molecule has 0 aliphatic heterocycles. The summed E-state index contributed by atoms with van der Waals surface area (Å²) in [5.41, 5.74) is 0.114. The highest BCUT2D eigenvalue weighted by Crippen LogP contribution is 2.31. The Balaban J connectivity index is 2.38. The number of carbonyl (C=O) groups is 1. The second-order valence-electron chi connectivity index (χ2n) is 3.66. The molecule has 0 bridgehead atoms. The number of halogens is 1. The Bertz CT molecular complexity index is 697. The molecule has 0 fully saturated rings. The van der Waals surface area contributed by atoms with Crippen LogP contribution >= 0.6 is 11.3 Å². The fraction of sp³-hybridized carbons (Fsp3) is 0. The van der Waals surface area contributed by atoms with E-state index in [0.717, 1.165) is 0 Å². The van der Waals surface area contributed by atoms with Crippen LogP contribution in [0.15, 0.2) is 42.0 Å². The standard InChI is InChI=1S/C14H8FNO2S/c15-12-4-2-1-3-11(12)13-6-5-10(19-13)7-9(8-16)14(17)18/h1-7H,(H,17,18)/b9-7+. The smallest absolute Gasteiger partial charge is 0.346 e. The zero-order valence-corrected chi connectivity index (χ0v) is 10.4. The molecule has 0 aliphatic rings. The van der Waals surface area contributed by atoms with Gasteiger partial charge in [0.2, 0.25) is 0 Å². The molecule has 5 heteroatoms. The van der Waals surface area contributed by atoms with E-state index < -0.39 is 5.97 Å². The van der Waals surface area contributed by atoms with Gasteiger partial charge in [0.05, 0.1) is 0 Å². The summed E-state index contributed by atoms with van der Waals surface area (Å²) in [7, 11) is 0. The van der Waals surface area contributed by atoms with Crippen molar-refractivity contribution < 1.29 is 14.3 Å². The molecule has 2 rings (SSSR count). The summed E-state index contributed by atoms with van der Waals surface area (Å²) >= 11 is 1.23. The Morgan fingerprint density at radius 3 is 2.68 bits per heavy atom. The summed E-state index contributed by atoms with van der Waals surface area (Å²) in [5.74, 6) is -1.61. The Labute approximate surface area is 112 Å². The predicted molar refractivity (Wildman–Crippen MR) is 70.9 cm³/mol. The highest BCUT2D eigenvalue weighted by molar-refractivity contribution is 7.16. The van der Waals surface area contributed by atoms with Gasteiger partial charge in [-0.2, -0.15) is 5.26 Å². The van der Waals surface area contributed by atoms with E-state index in [1.807, 2.05) is 0 Å². The van der Waals surface area contributed by atoms with Crippen molar-refractivity contribution in [1.82, 2.24) is 0 Å². The molecule has 0 unspecified atom stereocenters. The molecule has 2 aromatic rings. The van der Waals surface area contributed by atoms with Crippen molar-refractivity contribution in [3.05, 3.63) is 52.7 Å². The first kappa shape index (κ1) is 13.0. The average molecular weight is 273 g/mol. The van der Waals surface area contributed by atoms with Crippen LogP contribution in [0.25, 0.3) is 16.5 Å². The number of benzene rings is 1. The molecular weight excluding hydrogens is 265 g/mol. The highest BCUT2D eigenvalue weighted by atomic mass is 32.1. The molecule has 0 amide bonds. The van der Waals surface area contributed by atoms with Crippen LogP contribution in [0.4, 0.5) is 4.39 Å². The molecule has 0 spiro atoms. The maximum absolute atomic E-state index is 13.6. The van der Waals surface area contributed by atoms with Crippen molar-refractivity contribution in [2.45, 2.75) is 0 Å². The number of carboxylic acid groups (broad SMARTS) is 1. The first-order chi connectivity index (χ1) is 9.11. The molecular formula is C14H8FNO2S. The van der Waals surface area contributed by atoms with Gasteiger partial charge in [-0.25, -0.2) is 9.18 Å². The van der Waals surface area contributed by atoms with E-state index >= 15 is 0 Å². The van der Waals surface area contributed by atoms with Crippen LogP contribution < -0.4 is 0 Å². The maximum atomic E-state index is 13.6. The Morgan fingerprint density at radius 2 is 2.05 bits per heavy atom. The van der Waals surface area contributed by atoms with Gasteiger partial charge in [0.15, 0.2) is 0 Å². The third kappa shape index (κ3) is 2.87. The summed E-state index contributed by atoms with van der Waals surface area (Å²) in [6.45, 7) is 0. The quantitative estimate of drug-likeness (QED) is 0.687. The number of carboxylic acids is 1. The van der Waals surface area contributed by atoms with Crippen LogP contribution in [-0.2, 0) is 4.79 Å². The molecule has 0 saturated carbocycles. The summed E-state index contributed by atoms with van der Waals surface area (Å²) in [4.78, 5) is 12.0. The van der Waals surface area contributed by atoms with E-state index in [9.17, 15) is 9.18 Å². The fourth-order valence-electron chi connectivity index (χ4n) is 1.52. The number of rotatable bonds is 3. The lowest BCUT2D eigenvalue weighted by molar-refractivity contribution is -0.132. The van der Waals surface area contributed by atoms with E-state index in [1.165, 1.54) is 23.5 Å². The first-order valence-electron chi connectivity index (χ1n) is 5.31. The molecule has 19 heavy (non-hydrogen) atoms. The lowest BCUT2D eigenvalue weighted by Crippen LogP contribution is -1.96. The number of thiophene rings is 1. The van der Waals surface area contributed by atoms with Crippen LogP contribution in [-0.4, -0.2) is 11.1 Å². The van der Waals surface area contributed by atoms with Crippen LogP contribution in [0.5, 0.6) is 0 Å². The minimum atomic E-state index is -1.27. The Morgan fingerprint density at radius 1 is 1.32 bits per heavy atom. The lowest BCUT2D eigenvalue weighted by Gasteiger charge is -1.97. The monoisotopic (exact) mass is 273 g/mol. The molecule has 1 aromatic heterocycles. The molecule has 0 saturated heterocycles. The summed E-state index contributed by atoms with van der Waals surface area (Å²) < 4.78 is 13.6. The largest absolute Gasteiger partial charge is 0.477 e. The van der Waals surface area contributed by atoms with Crippen molar-refractivity contribution in [3.63, 3.8) is 0 Å². The zero-order chi connectivity index (χ0) is 13.8. The van der Waals surface area contributed by atoms with Gasteiger partial charge in [-0.3, -0.25) is 0 Å². The van der Waals surface area contributed by atoms with Gasteiger partial charge >= 0.3 is 5.97 Å². The average Bonchev–Trinajstić information content (AvgIpc) is 2.84. The number of nitriles is 1. The van der Waals surface area contributed by atoms with Crippen molar-refractivity contribution in [3.8, 4) is 16.5 Å². The van der Waals surface area contributed by atoms with E-state index in [4.69, 9.17) is 10.4 Å². The molecule has 1 N–H and O–H groups in total. The van der Waals surface area contributed by atoms with Crippen LogP contribution in [0.1, 0.15) is 4.88 Å². The zero-order valence-electron chi connectivity index (χ0n) is 9.63. The topological polar surface area (TPSA) is 61.1 Å². The third-order valence-corrected chi connectivity index (χ3v) is 3.47. The van der Waals surface area contributed by atoms with Crippen LogP contribution in [0.3, 0.4) is 0 Å². The van der Waals surface area contributed by atoms with Gasteiger partial charge in [-0.1, -0.05) is 18.2 Å². The molecule has 94 valence electrons. The number of hydrogen-bond donors (Lipinski definition) is 1. The second-order valence-corrected chi connectivity index (χ2v) is 4.77. The minimum Gasteiger partial charge on any atom is -0.477 e. The lowest BCUT2D eigenvalue weighted by atomic mass is 10.2. The van der Waals surface area contributed by atoms with Crippen LogP contribution in [0, 0.1) is 17.1 Å². The maximum Gasteiger partial charge on any atom is 0.346 e. The Hall–Kier alpha value is -2.45. The van der Waals surface area contributed by atoms with Crippen molar-refractivity contribution >= 4 is 23.4 Å². The summed E-state index contributed by atoms with van der Waals surface area (Å²) in [5, 5.41) is 17.4. The minimum absolute atomic E-state index is 0.335. The number of hydrogen-bond acceptors (Lipinski definition) is 3. The molecule has 0 aliphatic carbocycles. The van der Waals surface area contributed by atoms with Crippen molar-refractivity contribution in [1.29, 1.82) is 5.26 Å². The molecule has 0 atom stereocenters. The van der Waals surface area contributed by atoms with Crippen molar-refractivity contribution in [2.75, 3.05) is 0 Å². The van der Waals surface area contributed by atoms with Gasteiger partial charge in [0.25, 0.3) is 0 Å². The normalized spacial score (nSPS) is 11.1. The van der Waals surface area contributed by atoms with Crippen molar-refractivity contribution in [2.24, 2.45) is 0 Å². The SMILES string of the molecule is N#C/C(=C\c1ccc(-c2ccccc2F)s1)C(=O)O. The fourth-order valence-corrected chi connectivity index (χ4v) is 2.50. The van der Waals surface area contributed by atoms with Gasteiger partial charge in [0, 0.05) is 15.3 Å². The van der Waals surface area contributed by atoms with Gasteiger partial charge < -0.3 is 5.11 Å². The van der Waals surface area contributed by atoms with Crippen LogP contribution in [0.2, 0.25) is 0 Å². The molecule has 1 aromatic carbocycles. The number of aliphatic carboxylic acids is 1. The highest BCUT2D eigenvalue weighted by Gasteiger charge is 2.09. The van der Waals surface area contributed by atoms with Gasteiger partial charge in [-0.15, -0.1) is 11.3 Å². The first-order valence-corrected chi connectivity index (χ1v) is 6.13.